The molecule has 0 spiro atoms. The summed E-state index contributed by atoms with van der Waals surface area (Å²) in [5, 5.41) is 0. The summed E-state index contributed by atoms with van der Waals surface area (Å²) >= 11 is 0. The smallest absolute Gasteiger partial charge is 0.162 e. The first kappa shape index (κ1) is 39.5. The van der Waals surface area contributed by atoms with E-state index in [9.17, 15) is 19.2 Å². The Morgan fingerprint density at radius 1 is 0.585 bits per heavy atom. The van der Waals surface area contributed by atoms with Crippen LogP contribution in [0, 0.1) is 12.3 Å². The van der Waals surface area contributed by atoms with E-state index in [-0.39, 0.29) is 74.2 Å². The minimum atomic E-state index is -0.683. The standard InChI is InChI=1S/C32H57O9/c1-5-9-10-11-12-27(19-20-39-23-24-40-22-21-37-7-3)32(41-26-25-38-8-4)31(36)18-17-30(35)16-15-29(34)14-13-28(33)6-2/h19,27,32H,5-18,20-26H2,1-4H3. The van der Waals surface area contributed by atoms with E-state index in [0.717, 1.165) is 32.1 Å². The molecule has 0 aromatic heterocycles. The third-order valence-corrected chi connectivity index (χ3v) is 6.70. The topological polar surface area (TPSA) is 114 Å². The molecule has 0 saturated carbocycles. The maximum Gasteiger partial charge on any atom is 0.162 e. The van der Waals surface area contributed by atoms with Crippen molar-refractivity contribution >= 4 is 23.1 Å². The van der Waals surface area contributed by atoms with Crippen LogP contribution in [0.4, 0.5) is 0 Å². The van der Waals surface area contributed by atoms with Gasteiger partial charge in [0.1, 0.15) is 23.5 Å². The monoisotopic (exact) mass is 585 g/mol. The average Bonchev–Trinajstić information content (AvgIpc) is 2.98. The van der Waals surface area contributed by atoms with Gasteiger partial charge in [-0.2, -0.15) is 0 Å². The Hall–Kier alpha value is -1.52. The Morgan fingerprint density at radius 3 is 1.71 bits per heavy atom. The molecule has 0 aliphatic heterocycles. The second kappa shape index (κ2) is 28.6. The zero-order valence-electron chi connectivity index (χ0n) is 26.3. The van der Waals surface area contributed by atoms with Crippen LogP contribution >= 0.6 is 0 Å². The molecule has 2 atom stereocenters. The Morgan fingerprint density at radius 2 is 1.12 bits per heavy atom. The molecular weight excluding hydrogens is 528 g/mol. The Labute approximate surface area is 248 Å². The molecule has 41 heavy (non-hydrogen) atoms. The molecule has 0 saturated heterocycles. The summed E-state index contributed by atoms with van der Waals surface area (Å²) in [7, 11) is 0. The summed E-state index contributed by atoms with van der Waals surface area (Å²) in [6.07, 6.45) is 7.56. The lowest BCUT2D eigenvalue weighted by molar-refractivity contribution is -0.136. The molecule has 0 aliphatic rings. The highest BCUT2D eigenvalue weighted by molar-refractivity contribution is 5.91. The summed E-state index contributed by atoms with van der Waals surface area (Å²) in [5.74, 6) is -0.441. The van der Waals surface area contributed by atoms with Crippen molar-refractivity contribution in [3.63, 3.8) is 0 Å². The van der Waals surface area contributed by atoms with Crippen LogP contribution in [0.25, 0.3) is 0 Å². The molecule has 9 nitrogen and oxygen atoms in total. The van der Waals surface area contributed by atoms with E-state index in [1.807, 2.05) is 20.3 Å². The molecule has 0 aromatic carbocycles. The summed E-state index contributed by atoms with van der Waals surface area (Å²) < 4.78 is 28.0. The van der Waals surface area contributed by atoms with Gasteiger partial charge in [0.05, 0.1) is 46.2 Å². The molecule has 0 aliphatic carbocycles. The van der Waals surface area contributed by atoms with Crippen molar-refractivity contribution in [1.82, 2.24) is 0 Å². The van der Waals surface area contributed by atoms with Gasteiger partial charge in [0.15, 0.2) is 5.78 Å². The van der Waals surface area contributed by atoms with Gasteiger partial charge in [0.2, 0.25) is 0 Å². The molecule has 9 heteroatoms. The zero-order chi connectivity index (χ0) is 30.6. The van der Waals surface area contributed by atoms with E-state index in [1.54, 1.807) is 6.92 Å². The molecule has 0 bridgehead atoms. The number of ketones is 4. The van der Waals surface area contributed by atoms with Crippen molar-refractivity contribution in [2.24, 2.45) is 5.92 Å². The molecule has 0 rings (SSSR count). The second-order valence-electron chi connectivity index (χ2n) is 10.1. The lowest BCUT2D eigenvalue weighted by atomic mass is 9.88. The van der Waals surface area contributed by atoms with Crippen LogP contribution in [0.3, 0.4) is 0 Å². The van der Waals surface area contributed by atoms with Crippen LogP contribution in [0.1, 0.15) is 105 Å². The highest BCUT2D eigenvalue weighted by atomic mass is 16.5. The van der Waals surface area contributed by atoms with Crippen LogP contribution in [-0.4, -0.2) is 88.7 Å². The van der Waals surface area contributed by atoms with Gasteiger partial charge in [-0.05, 0) is 32.6 Å². The average molecular weight is 586 g/mol. The lowest BCUT2D eigenvalue weighted by Crippen LogP contribution is -2.35. The van der Waals surface area contributed by atoms with Crippen molar-refractivity contribution in [3.8, 4) is 0 Å². The van der Waals surface area contributed by atoms with Gasteiger partial charge < -0.3 is 23.7 Å². The first-order valence-electron chi connectivity index (χ1n) is 15.7. The summed E-state index contributed by atoms with van der Waals surface area (Å²) in [6, 6.07) is 0. The van der Waals surface area contributed by atoms with Crippen molar-refractivity contribution in [2.45, 2.75) is 111 Å². The SMILES string of the molecule is CCCCCCC([CH]COCCOCCOCC)C(OCCOCC)C(=O)CCC(=O)CCC(=O)CCC(=O)CC. The molecule has 0 fully saturated rings. The van der Waals surface area contributed by atoms with Crippen LogP contribution in [0.15, 0.2) is 0 Å². The third kappa shape index (κ3) is 23.7. The van der Waals surface area contributed by atoms with Gasteiger partial charge in [0, 0.05) is 58.2 Å². The highest BCUT2D eigenvalue weighted by Crippen LogP contribution is 2.23. The molecule has 0 N–H and O–H groups in total. The Balaban J connectivity index is 4.94. The number of carbonyl (C=O) groups excluding carboxylic acids is 4. The number of hydrogen-bond acceptors (Lipinski definition) is 9. The molecule has 239 valence electrons. The maximum absolute atomic E-state index is 13.3. The van der Waals surface area contributed by atoms with Crippen LogP contribution < -0.4 is 0 Å². The van der Waals surface area contributed by atoms with Gasteiger partial charge in [0.25, 0.3) is 0 Å². The number of rotatable bonds is 32. The Bertz CT molecular complexity index is 680. The highest BCUT2D eigenvalue weighted by Gasteiger charge is 2.29. The Kier molecular flexibility index (Phi) is 27.5. The first-order chi connectivity index (χ1) is 19.9. The predicted octanol–water partition coefficient (Wildman–Crippen LogP) is 5.30. The van der Waals surface area contributed by atoms with Gasteiger partial charge >= 0.3 is 0 Å². The van der Waals surface area contributed by atoms with E-state index < -0.39 is 6.10 Å². The molecule has 0 aromatic rings. The minimum absolute atomic E-state index is 0.0444. The van der Waals surface area contributed by atoms with Crippen molar-refractivity contribution in [1.29, 1.82) is 0 Å². The number of unbranched alkanes of at least 4 members (excludes halogenated alkanes) is 3. The van der Waals surface area contributed by atoms with Gasteiger partial charge in [-0.3, -0.25) is 19.2 Å². The van der Waals surface area contributed by atoms with Crippen LogP contribution in [0.2, 0.25) is 0 Å². The van der Waals surface area contributed by atoms with Crippen molar-refractivity contribution in [2.75, 3.05) is 59.5 Å². The van der Waals surface area contributed by atoms with Gasteiger partial charge in [-0.1, -0.05) is 39.5 Å². The summed E-state index contributed by atoms with van der Waals surface area (Å²) in [6.45, 7) is 12.0. The minimum Gasteiger partial charge on any atom is -0.379 e. The van der Waals surface area contributed by atoms with E-state index in [2.05, 4.69) is 6.92 Å². The zero-order valence-corrected chi connectivity index (χ0v) is 26.3. The number of hydrogen-bond donors (Lipinski definition) is 0. The van der Waals surface area contributed by atoms with Gasteiger partial charge in [-0.15, -0.1) is 0 Å². The largest absolute Gasteiger partial charge is 0.379 e. The summed E-state index contributed by atoms with van der Waals surface area (Å²) in [5.41, 5.74) is 0. The third-order valence-electron chi connectivity index (χ3n) is 6.70. The fraction of sp³-hybridized carbons (Fsp3) is 0.844. The van der Waals surface area contributed by atoms with Crippen molar-refractivity contribution < 1.29 is 42.9 Å². The lowest BCUT2D eigenvalue weighted by Gasteiger charge is -2.26. The van der Waals surface area contributed by atoms with E-state index in [0.29, 0.717) is 59.3 Å². The quantitative estimate of drug-likeness (QED) is 0.0971. The van der Waals surface area contributed by atoms with Crippen LogP contribution in [0.5, 0.6) is 0 Å². The maximum atomic E-state index is 13.3. The number of ether oxygens (including phenoxy) is 5. The van der Waals surface area contributed by atoms with E-state index >= 15 is 0 Å². The fourth-order valence-corrected chi connectivity index (χ4v) is 4.18. The predicted molar refractivity (Wildman–Crippen MR) is 159 cm³/mol. The van der Waals surface area contributed by atoms with E-state index in [1.165, 1.54) is 0 Å². The van der Waals surface area contributed by atoms with E-state index in [4.69, 9.17) is 23.7 Å². The summed E-state index contributed by atoms with van der Waals surface area (Å²) in [4.78, 5) is 49.2. The fourth-order valence-electron chi connectivity index (χ4n) is 4.18. The number of carbonyl (C=O) groups is 4. The second-order valence-corrected chi connectivity index (χ2v) is 10.1. The van der Waals surface area contributed by atoms with Crippen molar-refractivity contribution in [3.05, 3.63) is 6.42 Å². The normalized spacial score (nSPS) is 12.8. The number of Topliss-reactive ketones (excluding diaryl/α,β-unsaturated/α-hetero) is 4. The first-order valence-corrected chi connectivity index (χ1v) is 15.7. The van der Waals surface area contributed by atoms with Crippen LogP contribution in [-0.2, 0) is 42.9 Å². The molecular formula is C32H57O9. The molecule has 2 unspecified atom stereocenters. The molecule has 0 amide bonds. The van der Waals surface area contributed by atoms with Gasteiger partial charge in [-0.25, -0.2) is 0 Å². The molecule has 0 heterocycles. The molecule has 1 radical (unpaired) electrons.